The molecule has 0 radical (unpaired) electrons. The highest BCUT2D eigenvalue weighted by Gasteiger charge is 2.19. The minimum absolute atomic E-state index is 0.0176. The van der Waals surface area contributed by atoms with Gasteiger partial charge in [0.2, 0.25) is 0 Å². The van der Waals surface area contributed by atoms with Crippen molar-refractivity contribution in [3.05, 3.63) is 23.8 Å². The van der Waals surface area contributed by atoms with E-state index in [1.807, 2.05) is 20.8 Å². The first-order chi connectivity index (χ1) is 7.71. The lowest BCUT2D eigenvalue weighted by atomic mass is 10.1. The van der Waals surface area contributed by atoms with Crippen molar-refractivity contribution >= 4 is 16.7 Å². The summed E-state index contributed by atoms with van der Waals surface area (Å²) in [6.07, 6.45) is 0. The van der Waals surface area contributed by atoms with Crippen LogP contribution in [-0.4, -0.2) is 24.9 Å². The molecule has 1 aromatic carbocycles. The van der Waals surface area contributed by atoms with E-state index in [4.69, 9.17) is 0 Å². The number of nitrogens with zero attached hydrogens (tertiary/aromatic N) is 1. The number of benzene rings is 1. The molecular formula is C12H17NO3S. The zero-order valence-corrected chi connectivity index (χ0v) is 11.2. The summed E-state index contributed by atoms with van der Waals surface area (Å²) in [6, 6.07) is 4.23. The van der Waals surface area contributed by atoms with Gasteiger partial charge in [0.25, 0.3) is 0 Å². The molecule has 0 saturated carbocycles. The summed E-state index contributed by atoms with van der Waals surface area (Å²) >= 11 is 0. The highest BCUT2D eigenvalue weighted by molar-refractivity contribution is 7.85. The van der Waals surface area contributed by atoms with Crippen LogP contribution in [0.25, 0.3) is 0 Å². The maximum atomic E-state index is 11.8. The normalized spacial score (nSPS) is 14.7. The Kier molecular flexibility index (Phi) is 3.93. The Morgan fingerprint density at radius 1 is 1.29 bits per heavy atom. The summed E-state index contributed by atoms with van der Waals surface area (Å²) in [5.41, 5.74) is 0.955. The highest BCUT2D eigenvalue weighted by Crippen LogP contribution is 2.24. The molecule has 0 aliphatic carbocycles. The Morgan fingerprint density at radius 3 is 2.35 bits per heavy atom. The van der Waals surface area contributed by atoms with Crippen molar-refractivity contribution in [1.29, 1.82) is 0 Å². The van der Waals surface area contributed by atoms with Crippen molar-refractivity contribution in [3.63, 3.8) is 0 Å². The van der Waals surface area contributed by atoms with E-state index in [1.54, 1.807) is 13.0 Å². The molecule has 0 bridgehead atoms. The zero-order valence-electron chi connectivity index (χ0n) is 10.4. The van der Waals surface area contributed by atoms with Crippen LogP contribution in [0.3, 0.4) is 0 Å². The first kappa shape index (κ1) is 13.7. The molecule has 0 fully saturated rings. The third-order valence-electron chi connectivity index (χ3n) is 2.11. The molecule has 1 atom stereocenters. The van der Waals surface area contributed by atoms with E-state index < -0.39 is 15.7 Å². The van der Waals surface area contributed by atoms with Gasteiger partial charge in [-0.3, -0.25) is 0 Å². The van der Waals surface area contributed by atoms with Gasteiger partial charge in [-0.2, -0.15) is 4.40 Å². The Balaban J connectivity index is 3.09. The van der Waals surface area contributed by atoms with Crippen LogP contribution in [0.1, 0.15) is 33.3 Å². The van der Waals surface area contributed by atoms with Gasteiger partial charge in [-0.05, 0) is 39.8 Å². The third kappa shape index (κ3) is 3.56. The van der Waals surface area contributed by atoms with Crippen molar-refractivity contribution < 1.29 is 14.4 Å². The molecule has 0 heterocycles. The minimum atomic E-state index is -1.37. The summed E-state index contributed by atoms with van der Waals surface area (Å²) in [7, 11) is -1.37. The van der Waals surface area contributed by atoms with Crippen molar-refractivity contribution in [2.75, 3.05) is 0 Å². The lowest BCUT2D eigenvalue weighted by Crippen LogP contribution is -2.20. The van der Waals surface area contributed by atoms with Crippen LogP contribution in [0.2, 0.25) is 0 Å². The summed E-state index contributed by atoms with van der Waals surface area (Å²) in [5, 5.41) is 18.8. The molecule has 4 nitrogen and oxygen atoms in total. The summed E-state index contributed by atoms with van der Waals surface area (Å²) < 4.78 is 15.4. The summed E-state index contributed by atoms with van der Waals surface area (Å²) in [5.74, 6) is -0.0897. The number of aromatic hydroxyl groups is 2. The lowest BCUT2D eigenvalue weighted by molar-refractivity contribution is 0.450. The second-order valence-electron chi connectivity index (χ2n) is 4.74. The topological polar surface area (TPSA) is 69.9 Å². The van der Waals surface area contributed by atoms with Crippen molar-refractivity contribution in [2.24, 2.45) is 4.40 Å². The Bertz CT molecular complexity index is 475. The Labute approximate surface area is 104 Å². The SMILES string of the molecule is C/C(=N/S(=O)C(C)(C)C)c1ccc(O)cc1O. The number of rotatable bonds is 2. The lowest BCUT2D eigenvalue weighted by Gasteiger charge is -2.14. The average molecular weight is 255 g/mol. The van der Waals surface area contributed by atoms with Crippen LogP contribution >= 0.6 is 0 Å². The summed E-state index contributed by atoms with van der Waals surface area (Å²) in [4.78, 5) is 0. The third-order valence-corrected chi connectivity index (χ3v) is 3.60. The Morgan fingerprint density at radius 2 is 1.88 bits per heavy atom. The van der Waals surface area contributed by atoms with Crippen molar-refractivity contribution in [3.8, 4) is 11.5 Å². The van der Waals surface area contributed by atoms with E-state index >= 15 is 0 Å². The van der Waals surface area contributed by atoms with Gasteiger partial charge in [-0.15, -0.1) is 0 Å². The molecule has 0 aromatic heterocycles. The predicted octanol–water partition coefficient (Wildman–Crippen LogP) is 2.37. The quantitative estimate of drug-likeness (QED) is 0.797. The molecule has 0 amide bonds. The zero-order chi connectivity index (χ0) is 13.2. The number of phenols is 2. The van der Waals surface area contributed by atoms with E-state index in [0.29, 0.717) is 11.3 Å². The van der Waals surface area contributed by atoms with E-state index in [1.165, 1.54) is 12.1 Å². The smallest absolute Gasteiger partial charge is 0.145 e. The van der Waals surface area contributed by atoms with E-state index in [-0.39, 0.29) is 11.5 Å². The van der Waals surface area contributed by atoms with E-state index in [9.17, 15) is 14.4 Å². The molecule has 0 aliphatic rings. The van der Waals surface area contributed by atoms with Crippen LogP contribution in [0.4, 0.5) is 0 Å². The molecule has 94 valence electrons. The molecule has 17 heavy (non-hydrogen) atoms. The van der Waals surface area contributed by atoms with Gasteiger partial charge in [-0.25, -0.2) is 4.21 Å². The molecule has 0 spiro atoms. The van der Waals surface area contributed by atoms with Gasteiger partial charge in [0, 0.05) is 11.6 Å². The number of hydrogen-bond acceptors (Lipinski definition) is 3. The predicted molar refractivity (Wildman–Crippen MR) is 69.9 cm³/mol. The van der Waals surface area contributed by atoms with Gasteiger partial charge < -0.3 is 10.2 Å². The second-order valence-corrected chi connectivity index (χ2v) is 6.65. The maximum absolute atomic E-state index is 11.8. The van der Waals surface area contributed by atoms with E-state index in [0.717, 1.165) is 0 Å². The Hall–Kier alpha value is -1.36. The number of hydrogen-bond donors (Lipinski definition) is 2. The van der Waals surface area contributed by atoms with Gasteiger partial charge >= 0.3 is 0 Å². The molecular weight excluding hydrogens is 238 g/mol. The minimum Gasteiger partial charge on any atom is -0.508 e. The fraction of sp³-hybridized carbons (Fsp3) is 0.417. The molecule has 5 heteroatoms. The summed E-state index contributed by atoms with van der Waals surface area (Å²) in [6.45, 7) is 7.17. The largest absolute Gasteiger partial charge is 0.508 e. The molecule has 1 aromatic rings. The van der Waals surface area contributed by atoms with Crippen LogP contribution in [-0.2, 0) is 11.0 Å². The molecule has 1 unspecified atom stereocenters. The van der Waals surface area contributed by atoms with Crippen LogP contribution < -0.4 is 0 Å². The van der Waals surface area contributed by atoms with Crippen LogP contribution in [0.15, 0.2) is 22.6 Å². The highest BCUT2D eigenvalue weighted by atomic mass is 32.2. The van der Waals surface area contributed by atoms with E-state index in [2.05, 4.69) is 4.40 Å². The molecule has 0 saturated heterocycles. The van der Waals surface area contributed by atoms with Crippen molar-refractivity contribution in [2.45, 2.75) is 32.4 Å². The van der Waals surface area contributed by atoms with Gasteiger partial charge in [-0.1, -0.05) is 0 Å². The van der Waals surface area contributed by atoms with Gasteiger partial charge in [0.15, 0.2) is 0 Å². The number of phenolic OH excluding ortho intramolecular Hbond substituents is 2. The molecule has 2 N–H and O–H groups in total. The average Bonchev–Trinajstić information content (AvgIpc) is 2.15. The van der Waals surface area contributed by atoms with Crippen LogP contribution in [0, 0.1) is 0 Å². The first-order valence-electron chi connectivity index (χ1n) is 5.21. The maximum Gasteiger partial charge on any atom is 0.145 e. The fourth-order valence-corrected chi connectivity index (χ4v) is 1.76. The monoisotopic (exact) mass is 255 g/mol. The second kappa shape index (κ2) is 4.87. The standard InChI is InChI=1S/C12H17NO3S/c1-8(13-17(16)12(2,3)4)10-6-5-9(14)7-11(10)15/h5-7,14-15H,1-4H3/b13-8-. The van der Waals surface area contributed by atoms with Crippen LogP contribution in [0.5, 0.6) is 11.5 Å². The fourth-order valence-electron chi connectivity index (χ4n) is 1.14. The van der Waals surface area contributed by atoms with Crippen molar-refractivity contribution in [1.82, 2.24) is 0 Å². The molecule has 1 rings (SSSR count). The first-order valence-corrected chi connectivity index (χ1v) is 6.32. The molecule has 0 aliphatic heterocycles. The van der Waals surface area contributed by atoms with Gasteiger partial charge in [0.05, 0.1) is 10.5 Å². The van der Waals surface area contributed by atoms with Gasteiger partial charge in [0.1, 0.15) is 22.5 Å².